The van der Waals surface area contributed by atoms with E-state index in [0.29, 0.717) is 31.2 Å². The topological polar surface area (TPSA) is 77.4 Å². The Hall–Kier alpha value is -3.19. The number of hydrogen-bond donors (Lipinski definition) is 2. The molecule has 7 nitrogen and oxygen atoms in total. The fourth-order valence-electron chi connectivity index (χ4n) is 3.35. The summed E-state index contributed by atoms with van der Waals surface area (Å²) in [5.41, 5.74) is 1.97. The summed E-state index contributed by atoms with van der Waals surface area (Å²) in [6.45, 7) is 1.61. The highest BCUT2D eigenvalue weighted by Gasteiger charge is 2.20. The van der Waals surface area contributed by atoms with Gasteiger partial charge < -0.3 is 24.7 Å². The molecule has 8 heteroatoms. The molecule has 0 saturated carbocycles. The zero-order valence-electron chi connectivity index (χ0n) is 16.6. The average Bonchev–Trinajstić information content (AvgIpc) is 3.18. The van der Waals surface area contributed by atoms with Crippen LogP contribution in [0.25, 0.3) is 0 Å². The predicted molar refractivity (Wildman–Crippen MR) is 114 cm³/mol. The van der Waals surface area contributed by atoms with Gasteiger partial charge in [0.05, 0.1) is 0 Å². The summed E-state index contributed by atoms with van der Waals surface area (Å²) < 4.78 is 13.0. The van der Waals surface area contributed by atoms with Crippen LogP contribution in [0.1, 0.15) is 23.0 Å². The first-order valence-electron chi connectivity index (χ1n) is 9.76. The summed E-state index contributed by atoms with van der Waals surface area (Å²) in [4.78, 5) is 17.0. The van der Waals surface area contributed by atoms with Crippen molar-refractivity contribution in [2.24, 2.45) is 7.05 Å². The van der Waals surface area contributed by atoms with Crippen molar-refractivity contribution in [1.29, 1.82) is 0 Å². The Morgan fingerprint density at radius 2 is 1.93 bits per heavy atom. The Balaban J connectivity index is 1.38. The maximum Gasteiger partial charge on any atom is 0.315 e. The maximum atomic E-state index is 12.6. The molecule has 0 bridgehead atoms. The molecule has 2 N–H and O–H groups in total. The third-order valence-corrected chi connectivity index (χ3v) is 5.15. The molecule has 0 aliphatic carbocycles. The number of carbonyl (C=O) groups excluding carboxylic acids is 1. The second-order valence-corrected chi connectivity index (χ2v) is 7.45. The number of ether oxygens (including phenoxy) is 2. The maximum absolute atomic E-state index is 12.6. The Morgan fingerprint density at radius 1 is 1.17 bits per heavy atom. The number of halogens is 1. The van der Waals surface area contributed by atoms with Gasteiger partial charge in [-0.2, -0.15) is 0 Å². The number of aryl methyl sites for hydroxylation is 1. The van der Waals surface area contributed by atoms with Crippen molar-refractivity contribution in [3.05, 3.63) is 76.8 Å². The number of nitrogens with zero attached hydrogens (tertiary/aromatic N) is 2. The normalized spacial score (nSPS) is 13.5. The second-order valence-electron chi connectivity index (χ2n) is 7.01. The van der Waals surface area contributed by atoms with Crippen molar-refractivity contribution < 1.29 is 14.3 Å². The van der Waals surface area contributed by atoms with Gasteiger partial charge in [0.25, 0.3) is 0 Å². The van der Waals surface area contributed by atoms with Crippen LogP contribution >= 0.6 is 11.6 Å². The highest BCUT2D eigenvalue weighted by atomic mass is 35.5. The van der Waals surface area contributed by atoms with Crippen LogP contribution in [0.2, 0.25) is 5.02 Å². The third-order valence-electron chi connectivity index (χ3n) is 4.90. The van der Waals surface area contributed by atoms with Crippen LogP contribution in [-0.4, -0.2) is 35.3 Å². The van der Waals surface area contributed by atoms with Gasteiger partial charge in [-0.25, -0.2) is 9.78 Å². The average molecular weight is 427 g/mol. The lowest BCUT2D eigenvalue weighted by Crippen LogP contribution is -2.40. The zero-order valence-corrected chi connectivity index (χ0v) is 17.4. The monoisotopic (exact) mass is 426 g/mol. The number of nitrogens with one attached hydrogen (secondary N) is 2. The lowest BCUT2D eigenvalue weighted by atomic mass is 10.1. The van der Waals surface area contributed by atoms with E-state index in [1.54, 1.807) is 18.3 Å². The van der Waals surface area contributed by atoms with Crippen LogP contribution in [-0.2, 0) is 13.5 Å². The van der Waals surface area contributed by atoms with Gasteiger partial charge in [0.2, 0.25) is 0 Å². The Bertz CT molecular complexity index is 1020. The van der Waals surface area contributed by atoms with E-state index in [4.69, 9.17) is 21.1 Å². The molecule has 0 radical (unpaired) electrons. The lowest BCUT2D eigenvalue weighted by molar-refractivity contribution is 0.171. The van der Waals surface area contributed by atoms with E-state index in [2.05, 4.69) is 15.6 Å². The molecule has 1 aromatic heterocycles. The van der Waals surface area contributed by atoms with Gasteiger partial charge in [0.1, 0.15) is 25.1 Å². The first-order valence-corrected chi connectivity index (χ1v) is 10.1. The van der Waals surface area contributed by atoms with Gasteiger partial charge in [0, 0.05) is 31.0 Å². The number of imidazole rings is 1. The first-order chi connectivity index (χ1) is 14.6. The highest BCUT2D eigenvalue weighted by Crippen LogP contribution is 2.30. The Kier molecular flexibility index (Phi) is 6.09. The van der Waals surface area contributed by atoms with Crippen molar-refractivity contribution in [3.63, 3.8) is 0 Å². The summed E-state index contributed by atoms with van der Waals surface area (Å²) >= 11 is 6.01. The minimum atomic E-state index is -0.392. The van der Waals surface area contributed by atoms with Gasteiger partial charge in [-0.3, -0.25) is 0 Å². The van der Waals surface area contributed by atoms with E-state index in [9.17, 15) is 4.79 Å². The number of carbonyl (C=O) groups is 1. The second kappa shape index (κ2) is 9.09. The third kappa shape index (κ3) is 4.68. The standard InChI is InChI=1S/C22H23ClN4O3/c1-27-11-10-24-21(27)20(16-3-5-17(23)6-4-16)26-22(28)25-9-8-15-2-7-18-19(14-15)30-13-12-29-18/h2-7,10-11,14,20H,8-9,12-13H2,1H3,(H2,25,26,28). The zero-order chi connectivity index (χ0) is 20.9. The SMILES string of the molecule is Cn1ccnc1C(NC(=O)NCCc1ccc2c(c1)OCCO2)c1ccc(Cl)cc1. The number of hydrogen-bond acceptors (Lipinski definition) is 4. The lowest BCUT2D eigenvalue weighted by Gasteiger charge is -2.20. The highest BCUT2D eigenvalue weighted by molar-refractivity contribution is 6.30. The largest absolute Gasteiger partial charge is 0.486 e. The molecule has 3 aromatic rings. The minimum absolute atomic E-state index is 0.268. The van der Waals surface area contributed by atoms with Crippen molar-refractivity contribution >= 4 is 17.6 Å². The van der Waals surface area contributed by atoms with Crippen LogP contribution in [0.5, 0.6) is 11.5 Å². The number of rotatable bonds is 6. The number of aromatic nitrogens is 2. The van der Waals surface area contributed by atoms with E-state index >= 15 is 0 Å². The fourth-order valence-corrected chi connectivity index (χ4v) is 3.48. The molecule has 1 atom stereocenters. The summed E-state index contributed by atoms with van der Waals surface area (Å²) in [6.07, 6.45) is 4.23. The molecule has 30 heavy (non-hydrogen) atoms. The van der Waals surface area contributed by atoms with Gasteiger partial charge in [-0.15, -0.1) is 0 Å². The first kappa shape index (κ1) is 20.1. The van der Waals surface area contributed by atoms with Crippen molar-refractivity contribution in [2.75, 3.05) is 19.8 Å². The summed E-state index contributed by atoms with van der Waals surface area (Å²) in [5, 5.41) is 6.57. The Labute approximate surface area is 180 Å². The van der Waals surface area contributed by atoms with Gasteiger partial charge in [-0.05, 0) is 41.8 Å². The van der Waals surface area contributed by atoms with E-state index in [-0.39, 0.29) is 6.03 Å². The van der Waals surface area contributed by atoms with Crippen LogP contribution in [0.3, 0.4) is 0 Å². The molecule has 1 aliphatic heterocycles. The number of fused-ring (bicyclic) bond motifs is 1. The molecule has 0 spiro atoms. The number of amides is 2. The summed E-state index contributed by atoms with van der Waals surface area (Å²) in [6, 6.07) is 12.6. The van der Waals surface area contributed by atoms with E-state index in [0.717, 1.165) is 28.5 Å². The van der Waals surface area contributed by atoms with E-state index in [1.165, 1.54) is 0 Å². The van der Waals surface area contributed by atoms with Crippen LogP contribution in [0.15, 0.2) is 54.9 Å². The molecule has 4 rings (SSSR count). The van der Waals surface area contributed by atoms with Crippen molar-refractivity contribution in [1.82, 2.24) is 20.2 Å². The van der Waals surface area contributed by atoms with Crippen LogP contribution in [0.4, 0.5) is 4.79 Å². The molecule has 2 amide bonds. The predicted octanol–water partition coefficient (Wildman–Crippen LogP) is 3.48. The van der Waals surface area contributed by atoms with Crippen molar-refractivity contribution in [2.45, 2.75) is 12.5 Å². The van der Waals surface area contributed by atoms with E-state index < -0.39 is 6.04 Å². The molecule has 0 saturated heterocycles. The molecule has 156 valence electrons. The van der Waals surface area contributed by atoms with Crippen LogP contribution < -0.4 is 20.1 Å². The molecular weight excluding hydrogens is 404 g/mol. The molecule has 0 fully saturated rings. The number of benzene rings is 2. The molecule has 2 heterocycles. The smallest absolute Gasteiger partial charge is 0.315 e. The minimum Gasteiger partial charge on any atom is -0.486 e. The molecule has 1 unspecified atom stereocenters. The number of urea groups is 1. The molecule has 2 aromatic carbocycles. The van der Waals surface area contributed by atoms with Gasteiger partial charge in [-0.1, -0.05) is 29.8 Å². The summed E-state index contributed by atoms with van der Waals surface area (Å²) in [5.74, 6) is 2.25. The Morgan fingerprint density at radius 3 is 2.67 bits per heavy atom. The van der Waals surface area contributed by atoms with Gasteiger partial charge in [0.15, 0.2) is 11.5 Å². The van der Waals surface area contributed by atoms with Crippen LogP contribution in [0, 0.1) is 0 Å². The van der Waals surface area contributed by atoms with E-state index in [1.807, 2.05) is 48.1 Å². The fraction of sp³-hybridized carbons (Fsp3) is 0.273. The molecular formula is C22H23ClN4O3. The molecule has 1 aliphatic rings. The van der Waals surface area contributed by atoms with Crippen molar-refractivity contribution in [3.8, 4) is 11.5 Å². The quantitative estimate of drug-likeness (QED) is 0.632. The van der Waals surface area contributed by atoms with Gasteiger partial charge >= 0.3 is 6.03 Å². The summed E-state index contributed by atoms with van der Waals surface area (Å²) in [7, 11) is 1.90.